The highest BCUT2D eigenvalue weighted by Gasteiger charge is 2.11. The summed E-state index contributed by atoms with van der Waals surface area (Å²) in [5.74, 6) is 0.176. The van der Waals surface area contributed by atoms with Crippen LogP contribution in [-0.4, -0.2) is 38.1 Å². The van der Waals surface area contributed by atoms with Crippen LogP contribution in [0.4, 0.5) is 5.82 Å². The molecule has 1 aromatic heterocycles. The molecule has 0 aliphatic heterocycles. The van der Waals surface area contributed by atoms with Crippen molar-refractivity contribution in [2.75, 3.05) is 32.1 Å². The van der Waals surface area contributed by atoms with Crippen molar-refractivity contribution in [1.82, 2.24) is 10.3 Å². The van der Waals surface area contributed by atoms with Crippen molar-refractivity contribution >= 4 is 11.7 Å². The molecule has 15 heavy (non-hydrogen) atoms. The van der Waals surface area contributed by atoms with E-state index < -0.39 is 5.91 Å². The van der Waals surface area contributed by atoms with Gasteiger partial charge in [-0.2, -0.15) is 0 Å². The van der Waals surface area contributed by atoms with Crippen molar-refractivity contribution in [3.8, 4) is 0 Å². The van der Waals surface area contributed by atoms with Gasteiger partial charge in [0.1, 0.15) is 5.82 Å². The topological polar surface area (TPSA) is 71.2 Å². The molecule has 0 radical (unpaired) electrons. The van der Waals surface area contributed by atoms with E-state index in [-0.39, 0.29) is 0 Å². The predicted molar refractivity (Wildman–Crippen MR) is 60.0 cm³/mol. The second-order valence-electron chi connectivity index (χ2n) is 3.26. The summed E-state index contributed by atoms with van der Waals surface area (Å²) >= 11 is 0. The number of carbonyl (C=O) groups is 1. The minimum Gasteiger partial charge on any atom is -0.365 e. The number of primary amides is 1. The number of hydrogen-bond acceptors (Lipinski definition) is 4. The molecule has 1 heterocycles. The molecule has 1 amide bonds. The van der Waals surface area contributed by atoms with E-state index in [0.29, 0.717) is 11.4 Å². The van der Waals surface area contributed by atoms with Crippen LogP contribution >= 0.6 is 0 Å². The van der Waals surface area contributed by atoms with Gasteiger partial charge in [-0.3, -0.25) is 4.79 Å². The van der Waals surface area contributed by atoms with Crippen LogP contribution in [-0.2, 0) is 0 Å². The molecule has 1 aromatic rings. The van der Waals surface area contributed by atoms with Gasteiger partial charge < -0.3 is 16.0 Å². The highest BCUT2D eigenvalue weighted by atomic mass is 16.1. The first-order valence-electron chi connectivity index (χ1n) is 4.77. The average Bonchev–Trinajstić information content (AvgIpc) is 2.25. The minimum absolute atomic E-state index is 0.450. The number of hydrogen-bond donors (Lipinski definition) is 2. The zero-order chi connectivity index (χ0) is 11.3. The lowest BCUT2D eigenvalue weighted by Crippen LogP contribution is -2.29. The molecule has 0 saturated heterocycles. The van der Waals surface area contributed by atoms with Gasteiger partial charge in [0.15, 0.2) is 0 Å². The Morgan fingerprint density at radius 3 is 3.00 bits per heavy atom. The Hall–Kier alpha value is -1.62. The molecule has 0 aliphatic carbocycles. The smallest absolute Gasteiger partial charge is 0.252 e. The molecule has 0 fully saturated rings. The predicted octanol–water partition coefficient (Wildman–Crippen LogP) is -0.164. The quantitative estimate of drug-likeness (QED) is 0.705. The lowest BCUT2D eigenvalue weighted by Gasteiger charge is -2.19. The number of carbonyl (C=O) groups excluding carboxylic acids is 1. The third kappa shape index (κ3) is 2.92. The molecule has 0 saturated carbocycles. The van der Waals surface area contributed by atoms with E-state index in [1.165, 1.54) is 0 Å². The summed E-state index contributed by atoms with van der Waals surface area (Å²) in [4.78, 5) is 17.2. The van der Waals surface area contributed by atoms with Crippen LogP contribution in [0.5, 0.6) is 0 Å². The fourth-order valence-electron chi connectivity index (χ4n) is 1.28. The summed E-state index contributed by atoms with van der Waals surface area (Å²) in [6.07, 6.45) is 1.65. The van der Waals surface area contributed by atoms with Gasteiger partial charge in [-0.05, 0) is 19.2 Å². The molecule has 0 aromatic carbocycles. The van der Waals surface area contributed by atoms with Crippen LogP contribution in [0.25, 0.3) is 0 Å². The van der Waals surface area contributed by atoms with Gasteiger partial charge in [0.05, 0.1) is 5.56 Å². The van der Waals surface area contributed by atoms with E-state index in [0.717, 1.165) is 13.1 Å². The normalized spacial score (nSPS) is 10.0. The largest absolute Gasteiger partial charge is 0.365 e. The number of nitrogens with two attached hydrogens (primary N) is 1. The first-order valence-corrected chi connectivity index (χ1v) is 4.77. The average molecular weight is 208 g/mol. The first kappa shape index (κ1) is 11.5. The molecule has 5 nitrogen and oxygen atoms in total. The number of amides is 1. The van der Waals surface area contributed by atoms with Crippen LogP contribution in [0.3, 0.4) is 0 Å². The maximum atomic E-state index is 11.1. The summed E-state index contributed by atoms with van der Waals surface area (Å²) in [7, 11) is 3.76. The lowest BCUT2D eigenvalue weighted by molar-refractivity contribution is 0.100. The molecule has 0 spiro atoms. The van der Waals surface area contributed by atoms with Crippen LogP contribution in [0.15, 0.2) is 18.3 Å². The van der Waals surface area contributed by atoms with Crippen molar-refractivity contribution in [1.29, 1.82) is 0 Å². The summed E-state index contributed by atoms with van der Waals surface area (Å²) in [6, 6.07) is 3.38. The molecule has 0 bridgehead atoms. The Kier molecular flexibility index (Phi) is 4.05. The highest BCUT2D eigenvalue weighted by Crippen LogP contribution is 2.14. The number of rotatable bonds is 5. The Balaban J connectivity index is 2.87. The number of anilines is 1. The Morgan fingerprint density at radius 2 is 2.40 bits per heavy atom. The van der Waals surface area contributed by atoms with Gasteiger partial charge >= 0.3 is 0 Å². The number of nitrogens with one attached hydrogen (secondary N) is 1. The Labute approximate surface area is 89.3 Å². The third-order valence-electron chi connectivity index (χ3n) is 2.11. The van der Waals surface area contributed by atoms with Crippen molar-refractivity contribution < 1.29 is 4.79 Å². The molecule has 82 valence electrons. The van der Waals surface area contributed by atoms with Crippen molar-refractivity contribution in [2.24, 2.45) is 5.73 Å². The molecular formula is C10H16N4O. The van der Waals surface area contributed by atoms with Crippen molar-refractivity contribution in [3.63, 3.8) is 0 Å². The van der Waals surface area contributed by atoms with Crippen LogP contribution < -0.4 is 16.0 Å². The SMILES string of the molecule is CNCCN(C)c1ncccc1C(N)=O. The Morgan fingerprint density at radius 1 is 1.67 bits per heavy atom. The van der Waals surface area contributed by atoms with Crippen LogP contribution in [0.1, 0.15) is 10.4 Å². The summed E-state index contributed by atoms with van der Waals surface area (Å²) in [5.41, 5.74) is 5.71. The van der Waals surface area contributed by atoms with Gasteiger partial charge in [-0.15, -0.1) is 0 Å². The van der Waals surface area contributed by atoms with Gasteiger partial charge in [0.25, 0.3) is 5.91 Å². The molecule has 0 unspecified atom stereocenters. The summed E-state index contributed by atoms with van der Waals surface area (Å²) in [5, 5.41) is 3.03. The van der Waals surface area contributed by atoms with Gasteiger partial charge in [0, 0.05) is 26.3 Å². The third-order valence-corrected chi connectivity index (χ3v) is 2.11. The van der Waals surface area contributed by atoms with Gasteiger partial charge in [-0.1, -0.05) is 0 Å². The molecule has 0 atom stereocenters. The monoisotopic (exact) mass is 208 g/mol. The first-order chi connectivity index (χ1) is 7.16. The molecule has 0 aliphatic rings. The van der Waals surface area contributed by atoms with Gasteiger partial charge in [0.2, 0.25) is 0 Å². The van der Waals surface area contributed by atoms with E-state index in [1.54, 1.807) is 18.3 Å². The zero-order valence-corrected chi connectivity index (χ0v) is 9.03. The van der Waals surface area contributed by atoms with E-state index in [9.17, 15) is 4.79 Å². The maximum absolute atomic E-state index is 11.1. The molecular weight excluding hydrogens is 192 g/mol. The number of nitrogens with zero attached hydrogens (tertiary/aromatic N) is 2. The van der Waals surface area contributed by atoms with Gasteiger partial charge in [-0.25, -0.2) is 4.98 Å². The molecule has 1 rings (SSSR count). The highest BCUT2D eigenvalue weighted by molar-refractivity contribution is 5.97. The number of aromatic nitrogens is 1. The summed E-state index contributed by atoms with van der Waals surface area (Å²) < 4.78 is 0. The zero-order valence-electron chi connectivity index (χ0n) is 9.03. The lowest BCUT2D eigenvalue weighted by atomic mass is 10.2. The minimum atomic E-state index is -0.450. The second kappa shape index (κ2) is 5.31. The maximum Gasteiger partial charge on any atom is 0.252 e. The van der Waals surface area contributed by atoms with Crippen molar-refractivity contribution in [3.05, 3.63) is 23.9 Å². The second-order valence-corrected chi connectivity index (χ2v) is 3.26. The Bertz CT molecular complexity index is 340. The fourth-order valence-corrected chi connectivity index (χ4v) is 1.28. The van der Waals surface area contributed by atoms with Crippen LogP contribution in [0, 0.1) is 0 Å². The van der Waals surface area contributed by atoms with E-state index in [4.69, 9.17) is 5.73 Å². The van der Waals surface area contributed by atoms with E-state index in [1.807, 2.05) is 19.0 Å². The fraction of sp³-hybridized carbons (Fsp3) is 0.400. The standard InChI is InChI=1S/C10H16N4O/c1-12-6-7-14(2)10-8(9(11)15)4-3-5-13-10/h3-5,12H,6-7H2,1-2H3,(H2,11,15). The molecule has 5 heteroatoms. The van der Waals surface area contributed by atoms with E-state index >= 15 is 0 Å². The van der Waals surface area contributed by atoms with Crippen LogP contribution in [0.2, 0.25) is 0 Å². The summed E-state index contributed by atoms with van der Waals surface area (Å²) in [6.45, 7) is 1.60. The molecule has 3 N–H and O–H groups in total. The van der Waals surface area contributed by atoms with E-state index in [2.05, 4.69) is 10.3 Å². The number of likely N-dealkylation sites (N-methyl/N-ethyl adjacent to an activating group) is 2. The number of pyridine rings is 1. The van der Waals surface area contributed by atoms with Crippen molar-refractivity contribution in [2.45, 2.75) is 0 Å².